The number of nitrogens with zero attached hydrogens (tertiary/aromatic N) is 1. The minimum Gasteiger partial charge on any atom is -0.316 e. The van der Waals surface area contributed by atoms with Gasteiger partial charge in [0.25, 0.3) is 0 Å². The highest BCUT2D eigenvalue weighted by Crippen LogP contribution is 2.32. The van der Waals surface area contributed by atoms with Crippen LogP contribution in [0, 0.1) is 10.1 Å². The number of hydrogen-bond donors (Lipinski definition) is 1. The first kappa shape index (κ1) is 8.65. The molecule has 0 saturated carbocycles. The summed E-state index contributed by atoms with van der Waals surface area (Å²) in [6.45, 7) is 1.98. The zero-order chi connectivity index (χ0) is 9.26. The first-order chi connectivity index (χ1) is 6.27. The summed E-state index contributed by atoms with van der Waals surface area (Å²) in [6.07, 6.45) is 1.09. The second-order valence-corrected chi connectivity index (χ2v) is 4.22. The highest BCUT2D eigenvalue weighted by atomic mass is 32.1. The van der Waals surface area contributed by atoms with E-state index in [1.807, 2.05) is 6.07 Å². The first-order valence-corrected chi connectivity index (χ1v) is 5.04. The Balaban J connectivity index is 2.16. The third kappa shape index (κ3) is 1.71. The van der Waals surface area contributed by atoms with Gasteiger partial charge in [-0.1, -0.05) is 11.3 Å². The zero-order valence-corrected chi connectivity index (χ0v) is 7.84. The maximum atomic E-state index is 10.4. The summed E-state index contributed by atoms with van der Waals surface area (Å²) in [5.41, 5.74) is 0. The largest absolute Gasteiger partial charge is 0.324 e. The van der Waals surface area contributed by atoms with Crippen molar-refractivity contribution in [2.45, 2.75) is 12.3 Å². The predicted octanol–water partition coefficient (Wildman–Crippen LogP) is 1.73. The van der Waals surface area contributed by atoms with Crippen molar-refractivity contribution in [2.75, 3.05) is 13.1 Å². The van der Waals surface area contributed by atoms with E-state index >= 15 is 0 Å². The van der Waals surface area contributed by atoms with E-state index in [1.165, 1.54) is 11.3 Å². The van der Waals surface area contributed by atoms with Crippen LogP contribution in [0.2, 0.25) is 0 Å². The molecule has 1 aliphatic rings. The van der Waals surface area contributed by atoms with Crippen LogP contribution in [0.3, 0.4) is 0 Å². The summed E-state index contributed by atoms with van der Waals surface area (Å²) in [6, 6.07) is 3.47. The summed E-state index contributed by atoms with van der Waals surface area (Å²) >= 11 is 1.30. The van der Waals surface area contributed by atoms with E-state index in [4.69, 9.17) is 0 Å². The van der Waals surface area contributed by atoms with Crippen LogP contribution in [-0.2, 0) is 0 Å². The van der Waals surface area contributed by atoms with Gasteiger partial charge in [0.05, 0.1) is 4.92 Å². The lowest BCUT2D eigenvalue weighted by molar-refractivity contribution is -0.380. The van der Waals surface area contributed by atoms with Gasteiger partial charge in [-0.15, -0.1) is 0 Å². The molecule has 0 spiro atoms. The molecule has 5 heteroatoms. The van der Waals surface area contributed by atoms with E-state index < -0.39 is 0 Å². The summed E-state index contributed by atoms with van der Waals surface area (Å²) < 4.78 is 0. The average Bonchev–Trinajstić information content (AvgIpc) is 2.75. The highest BCUT2D eigenvalue weighted by Gasteiger charge is 2.20. The van der Waals surface area contributed by atoms with Crippen molar-refractivity contribution < 1.29 is 4.92 Å². The van der Waals surface area contributed by atoms with E-state index in [1.54, 1.807) is 6.07 Å². The van der Waals surface area contributed by atoms with Crippen molar-refractivity contribution in [3.63, 3.8) is 0 Å². The number of hydrogen-bond acceptors (Lipinski definition) is 4. The standard InChI is InChI=1S/C8H10N2O2S/c11-10(12)8-2-1-7(13-8)6-3-4-9-5-6/h1-2,6,9H,3-5H2. The summed E-state index contributed by atoms with van der Waals surface area (Å²) in [4.78, 5) is 11.2. The minimum absolute atomic E-state index is 0.252. The van der Waals surface area contributed by atoms with Gasteiger partial charge in [0.15, 0.2) is 0 Å². The zero-order valence-electron chi connectivity index (χ0n) is 7.03. The SMILES string of the molecule is O=[N+]([O-])c1ccc(C2CCNC2)s1. The Morgan fingerprint density at radius 3 is 3.00 bits per heavy atom. The van der Waals surface area contributed by atoms with Gasteiger partial charge < -0.3 is 5.32 Å². The Kier molecular flexibility index (Phi) is 2.28. The molecule has 13 heavy (non-hydrogen) atoms. The maximum Gasteiger partial charge on any atom is 0.324 e. The monoisotopic (exact) mass is 198 g/mol. The van der Waals surface area contributed by atoms with Crippen LogP contribution in [0.1, 0.15) is 17.2 Å². The first-order valence-electron chi connectivity index (χ1n) is 4.22. The van der Waals surface area contributed by atoms with E-state index in [0.717, 1.165) is 24.4 Å². The number of nitrogens with one attached hydrogen (secondary N) is 1. The van der Waals surface area contributed by atoms with Crippen LogP contribution in [-0.4, -0.2) is 18.0 Å². The van der Waals surface area contributed by atoms with Gasteiger partial charge in [-0.3, -0.25) is 10.1 Å². The van der Waals surface area contributed by atoms with Gasteiger partial charge in [0.1, 0.15) is 0 Å². The van der Waals surface area contributed by atoms with Crippen molar-refractivity contribution in [1.29, 1.82) is 0 Å². The lowest BCUT2D eigenvalue weighted by Crippen LogP contribution is -2.07. The van der Waals surface area contributed by atoms with Crippen LogP contribution in [0.15, 0.2) is 12.1 Å². The van der Waals surface area contributed by atoms with Crippen LogP contribution in [0.5, 0.6) is 0 Å². The smallest absolute Gasteiger partial charge is 0.316 e. The fourth-order valence-electron chi connectivity index (χ4n) is 1.56. The molecule has 2 heterocycles. The lowest BCUT2D eigenvalue weighted by Gasteiger charge is -2.01. The molecule has 0 radical (unpaired) electrons. The summed E-state index contributed by atoms with van der Waals surface area (Å²) in [5, 5.41) is 13.9. The molecule has 70 valence electrons. The molecule has 0 aliphatic carbocycles. The molecule has 0 amide bonds. The Hall–Kier alpha value is -0.940. The Morgan fingerprint density at radius 1 is 1.62 bits per heavy atom. The fourth-order valence-corrected chi connectivity index (χ4v) is 2.51. The number of nitro groups is 1. The molecule has 1 unspecified atom stereocenters. The molecule has 1 aromatic rings. The van der Waals surface area contributed by atoms with Crippen LogP contribution in [0.4, 0.5) is 5.00 Å². The maximum absolute atomic E-state index is 10.4. The molecule has 1 atom stereocenters. The fraction of sp³-hybridized carbons (Fsp3) is 0.500. The molecule has 1 aliphatic heterocycles. The second-order valence-electron chi connectivity index (χ2n) is 3.12. The van der Waals surface area contributed by atoms with E-state index in [2.05, 4.69) is 5.32 Å². The van der Waals surface area contributed by atoms with Crippen LogP contribution < -0.4 is 5.32 Å². The van der Waals surface area contributed by atoms with Gasteiger partial charge in [0, 0.05) is 23.4 Å². The predicted molar refractivity (Wildman–Crippen MR) is 51.2 cm³/mol. The highest BCUT2D eigenvalue weighted by molar-refractivity contribution is 7.15. The Bertz CT molecular complexity index is 318. The molecule has 0 aromatic carbocycles. The molecule has 1 fully saturated rings. The van der Waals surface area contributed by atoms with Crippen molar-refractivity contribution in [3.8, 4) is 0 Å². The van der Waals surface area contributed by atoms with Crippen molar-refractivity contribution >= 4 is 16.3 Å². The molecule has 2 rings (SSSR count). The van der Waals surface area contributed by atoms with Crippen molar-refractivity contribution in [3.05, 3.63) is 27.1 Å². The molecule has 0 bridgehead atoms. The average molecular weight is 198 g/mol. The van der Waals surface area contributed by atoms with E-state index in [-0.39, 0.29) is 9.92 Å². The van der Waals surface area contributed by atoms with E-state index in [0.29, 0.717) is 5.92 Å². The third-order valence-electron chi connectivity index (χ3n) is 2.26. The topological polar surface area (TPSA) is 55.2 Å². The molecular weight excluding hydrogens is 188 g/mol. The quantitative estimate of drug-likeness (QED) is 0.581. The van der Waals surface area contributed by atoms with E-state index in [9.17, 15) is 10.1 Å². The number of rotatable bonds is 2. The minimum atomic E-state index is -0.323. The lowest BCUT2D eigenvalue weighted by atomic mass is 10.1. The molecule has 4 nitrogen and oxygen atoms in total. The molecular formula is C8H10N2O2S. The number of thiophene rings is 1. The molecule has 1 N–H and O–H groups in total. The van der Waals surface area contributed by atoms with Crippen LogP contribution >= 0.6 is 11.3 Å². The summed E-state index contributed by atoms with van der Waals surface area (Å²) in [7, 11) is 0. The second kappa shape index (κ2) is 3.43. The third-order valence-corrected chi connectivity index (χ3v) is 3.45. The van der Waals surface area contributed by atoms with Gasteiger partial charge in [-0.05, 0) is 19.0 Å². The van der Waals surface area contributed by atoms with Gasteiger partial charge in [-0.2, -0.15) is 0 Å². The normalized spacial score (nSPS) is 22.0. The molecule has 1 aromatic heterocycles. The van der Waals surface area contributed by atoms with Gasteiger partial charge >= 0.3 is 5.00 Å². The van der Waals surface area contributed by atoms with Crippen molar-refractivity contribution in [2.24, 2.45) is 0 Å². The molecule has 1 saturated heterocycles. The van der Waals surface area contributed by atoms with Crippen molar-refractivity contribution in [1.82, 2.24) is 5.32 Å². The van der Waals surface area contributed by atoms with Crippen LogP contribution in [0.25, 0.3) is 0 Å². The van der Waals surface area contributed by atoms with Gasteiger partial charge in [-0.25, -0.2) is 0 Å². The summed E-state index contributed by atoms with van der Waals surface area (Å²) in [5.74, 6) is 0.485. The van der Waals surface area contributed by atoms with Gasteiger partial charge in [0.2, 0.25) is 0 Å². The Morgan fingerprint density at radius 2 is 2.46 bits per heavy atom. The Labute approximate surface area is 79.7 Å².